The molecule has 1 amide bonds. The molecule has 2 N–H and O–H groups in total. The van der Waals surface area contributed by atoms with E-state index in [0.717, 1.165) is 12.8 Å². The first kappa shape index (κ1) is 15.0. The SMILES string of the molecule is CC(C)C(O)CC(=O)NCC1(C)Cc2ccccc2C1. The van der Waals surface area contributed by atoms with Gasteiger partial charge < -0.3 is 10.4 Å². The van der Waals surface area contributed by atoms with Gasteiger partial charge in [0.05, 0.1) is 12.5 Å². The third-order valence-corrected chi connectivity index (χ3v) is 4.23. The molecular formula is C17H25NO2. The second-order valence-electron chi connectivity index (χ2n) is 6.73. The third-order valence-electron chi connectivity index (χ3n) is 4.23. The standard InChI is InChI=1S/C17H25NO2/c1-12(2)15(19)8-16(20)18-11-17(3)9-13-6-4-5-7-14(13)10-17/h4-7,12,15,19H,8-11H2,1-3H3,(H,18,20). The van der Waals surface area contributed by atoms with Crippen LogP contribution in [-0.2, 0) is 17.6 Å². The number of nitrogens with one attached hydrogen (secondary N) is 1. The zero-order valence-corrected chi connectivity index (χ0v) is 12.6. The van der Waals surface area contributed by atoms with Crippen LogP contribution < -0.4 is 5.32 Å². The van der Waals surface area contributed by atoms with Gasteiger partial charge in [0, 0.05) is 6.54 Å². The fraction of sp³-hybridized carbons (Fsp3) is 0.588. The van der Waals surface area contributed by atoms with E-state index >= 15 is 0 Å². The maximum absolute atomic E-state index is 11.9. The zero-order chi connectivity index (χ0) is 14.8. The smallest absolute Gasteiger partial charge is 0.222 e. The molecule has 1 aliphatic carbocycles. The molecule has 110 valence electrons. The summed E-state index contributed by atoms with van der Waals surface area (Å²) < 4.78 is 0. The number of amides is 1. The summed E-state index contributed by atoms with van der Waals surface area (Å²) in [5, 5.41) is 12.7. The lowest BCUT2D eigenvalue weighted by Crippen LogP contribution is -2.38. The van der Waals surface area contributed by atoms with Crippen molar-refractivity contribution < 1.29 is 9.90 Å². The van der Waals surface area contributed by atoms with Gasteiger partial charge in [-0.3, -0.25) is 4.79 Å². The first-order valence-electron chi connectivity index (χ1n) is 7.41. The van der Waals surface area contributed by atoms with Crippen molar-refractivity contribution in [3.63, 3.8) is 0 Å². The monoisotopic (exact) mass is 275 g/mol. The molecule has 3 nitrogen and oxygen atoms in total. The molecule has 3 heteroatoms. The topological polar surface area (TPSA) is 49.3 Å². The summed E-state index contributed by atoms with van der Waals surface area (Å²) in [7, 11) is 0. The summed E-state index contributed by atoms with van der Waals surface area (Å²) >= 11 is 0. The normalized spacial score (nSPS) is 17.9. The average Bonchev–Trinajstić information content (AvgIpc) is 2.73. The quantitative estimate of drug-likeness (QED) is 0.866. The van der Waals surface area contributed by atoms with Gasteiger partial charge in [-0.05, 0) is 35.3 Å². The van der Waals surface area contributed by atoms with Gasteiger partial charge >= 0.3 is 0 Å². The third kappa shape index (κ3) is 3.60. The van der Waals surface area contributed by atoms with Crippen molar-refractivity contribution in [2.75, 3.05) is 6.54 Å². The first-order chi connectivity index (χ1) is 9.39. The number of rotatable bonds is 5. The van der Waals surface area contributed by atoms with E-state index < -0.39 is 6.10 Å². The molecule has 0 heterocycles. The van der Waals surface area contributed by atoms with Gasteiger partial charge in [0.15, 0.2) is 0 Å². The molecule has 2 rings (SSSR count). The summed E-state index contributed by atoms with van der Waals surface area (Å²) in [4.78, 5) is 11.9. The molecule has 20 heavy (non-hydrogen) atoms. The van der Waals surface area contributed by atoms with Gasteiger partial charge in [-0.15, -0.1) is 0 Å². The summed E-state index contributed by atoms with van der Waals surface area (Å²) in [6, 6.07) is 8.49. The molecule has 1 atom stereocenters. The van der Waals surface area contributed by atoms with E-state index in [9.17, 15) is 9.90 Å². The van der Waals surface area contributed by atoms with E-state index in [1.165, 1.54) is 11.1 Å². The van der Waals surface area contributed by atoms with Crippen LogP contribution in [0.25, 0.3) is 0 Å². The van der Waals surface area contributed by atoms with Crippen LogP contribution >= 0.6 is 0 Å². The summed E-state index contributed by atoms with van der Waals surface area (Å²) in [5.74, 6) is 0.0652. The molecule has 1 aromatic carbocycles. The van der Waals surface area contributed by atoms with Crippen LogP contribution in [0.2, 0.25) is 0 Å². The number of hydrogen-bond donors (Lipinski definition) is 2. The Balaban J connectivity index is 1.85. The molecule has 1 unspecified atom stereocenters. The number of benzene rings is 1. The van der Waals surface area contributed by atoms with Crippen molar-refractivity contribution in [1.82, 2.24) is 5.32 Å². The Morgan fingerprint density at radius 1 is 1.30 bits per heavy atom. The van der Waals surface area contributed by atoms with E-state index in [4.69, 9.17) is 0 Å². The second kappa shape index (κ2) is 5.96. The predicted molar refractivity (Wildman–Crippen MR) is 80.4 cm³/mol. The Bertz CT molecular complexity index is 457. The van der Waals surface area contributed by atoms with Gasteiger partial charge in [-0.2, -0.15) is 0 Å². The van der Waals surface area contributed by atoms with Gasteiger partial charge in [0.1, 0.15) is 0 Å². The molecule has 0 saturated carbocycles. The van der Waals surface area contributed by atoms with E-state index in [1.807, 2.05) is 13.8 Å². The minimum Gasteiger partial charge on any atom is -0.392 e. The number of aliphatic hydroxyl groups is 1. The molecule has 1 aromatic rings. The molecule has 0 bridgehead atoms. The van der Waals surface area contributed by atoms with E-state index in [-0.39, 0.29) is 23.7 Å². The highest BCUT2D eigenvalue weighted by atomic mass is 16.3. The first-order valence-corrected chi connectivity index (χ1v) is 7.41. The minimum absolute atomic E-state index is 0.0524. The van der Waals surface area contributed by atoms with Crippen LogP contribution in [0.3, 0.4) is 0 Å². The lowest BCUT2D eigenvalue weighted by Gasteiger charge is -2.24. The molecule has 0 aromatic heterocycles. The number of carbonyl (C=O) groups is 1. The summed E-state index contributed by atoms with van der Waals surface area (Å²) in [6.07, 6.45) is 1.66. The van der Waals surface area contributed by atoms with Gasteiger partial charge in [-0.1, -0.05) is 45.0 Å². The number of fused-ring (bicyclic) bond motifs is 1. The molecule has 1 aliphatic rings. The summed E-state index contributed by atoms with van der Waals surface area (Å²) in [5.41, 5.74) is 2.89. The van der Waals surface area contributed by atoms with Crippen LogP contribution in [0.5, 0.6) is 0 Å². The van der Waals surface area contributed by atoms with Crippen molar-refractivity contribution in [2.45, 2.75) is 46.1 Å². The van der Waals surface area contributed by atoms with Crippen LogP contribution in [0.15, 0.2) is 24.3 Å². The van der Waals surface area contributed by atoms with E-state index in [1.54, 1.807) is 0 Å². The van der Waals surface area contributed by atoms with Crippen molar-refractivity contribution >= 4 is 5.91 Å². The fourth-order valence-electron chi connectivity index (χ4n) is 2.82. The summed E-state index contributed by atoms with van der Waals surface area (Å²) in [6.45, 7) is 6.73. The maximum atomic E-state index is 11.9. The highest BCUT2D eigenvalue weighted by Gasteiger charge is 2.32. The predicted octanol–water partition coefficient (Wildman–Crippen LogP) is 2.31. The Morgan fingerprint density at radius 2 is 1.85 bits per heavy atom. The Morgan fingerprint density at radius 3 is 2.35 bits per heavy atom. The Labute approximate surface area is 121 Å². The molecule has 0 saturated heterocycles. The van der Waals surface area contributed by atoms with E-state index in [2.05, 4.69) is 36.5 Å². The van der Waals surface area contributed by atoms with E-state index in [0.29, 0.717) is 6.54 Å². The van der Waals surface area contributed by atoms with Crippen LogP contribution in [0.4, 0.5) is 0 Å². The zero-order valence-electron chi connectivity index (χ0n) is 12.6. The van der Waals surface area contributed by atoms with Crippen molar-refractivity contribution in [3.05, 3.63) is 35.4 Å². The highest BCUT2D eigenvalue weighted by molar-refractivity contribution is 5.76. The van der Waals surface area contributed by atoms with Crippen molar-refractivity contribution in [3.8, 4) is 0 Å². The van der Waals surface area contributed by atoms with Crippen LogP contribution in [0, 0.1) is 11.3 Å². The Kier molecular flexibility index (Phi) is 4.48. The highest BCUT2D eigenvalue weighted by Crippen LogP contribution is 2.35. The van der Waals surface area contributed by atoms with Crippen LogP contribution in [0.1, 0.15) is 38.3 Å². The fourth-order valence-corrected chi connectivity index (χ4v) is 2.82. The number of hydrogen-bond acceptors (Lipinski definition) is 2. The van der Waals surface area contributed by atoms with Gasteiger partial charge in [0.25, 0.3) is 0 Å². The van der Waals surface area contributed by atoms with Crippen molar-refractivity contribution in [2.24, 2.45) is 11.3 Å². The lowest BCUT2D eigenvalue weighted by atomic mass is 9.87. The Hall–Kier alpha value is -1.35. The molecule has 0 fully saturated rings. The van der Waals surface area contributed by atoms with Gasteiger partial charge in [0.2, 0.25) is 5.91 Å². The molecule has 0 radical (unpaired) electrons. The number of carbonyl (C=O) groups excluding carboxylic acids is 1. The largest absolute Gasteiger partial charge is 0.392 e. The van der Waals surface area contributed by atoms with Crippen molar-refractivity contribution in [1.29, 1.82) is 0 Å². The average molecular weight is 275 g/mol. The van der Waals surface area contributed by atoms with Gasteiger partial charge in [-0.25, -0.2) is 0 Å². The molecular weight excluding hydrogens is 250 g/mol. The number of aliphatic hydroxyl groups excluding tert-OH is 1. The lowest BCUT2D eigenvalue weighted by molar-refractivity contribution is -0.124. The molecule has 0 aliphatic heterocycles. The molecule has 0 spiro atoms. The maximum Gasteiger partial charge on any atom is 0.222 e. The van der Waals surface area contributed by atoms with Crippen LogP contribution in [-0.4, -0.2) is 23.7 Å². The second-order valence-corrected chi connectivity index (χ2v) is 6.73. The minimum atomic E-state index is -0.552.